The Hall–Kier alpha value is -0.750. The molecule has 0 saturated carbocycles. The van der Waals surface area contributed by atoms with Crippen LogP contribution in [-0.2, 0) is 7.05 Å². The predicted molar refractivity (Wildman–Crippen MR) is 44.0 cm³/mol. The molecule has 1 aromatic rings. The number of aromatic nitrogens is 2. The van der Waals surface area contributed by atoms with E-state index in [2.05, 4.69) is 5.10 Å². The fourth-order valence-corrected chi connectivity index (χ4v) is 1.40. The zero-order valence-electron chi connectivity index (χ0n) is 7.43. The van der Waals surface area contributed by atoms with Crippen LogP contribution in [-0.4, -0.2) is 21.1 Å². The Balaban J connectivity index is 3.19. The van der Waals surface area contributed by atoms with Gasteiger partial charge in [-0.25, -0.2) is 0 Å². The predicted octanol–water partition coefficient (Wildman–Crippen LogP) is 1.98. The van der Waals surface area contributed by atoms with E-state index in [1.54, 1.807) is 0 Å². The average molecular weight is 229 g/mol. The second-order valence-corrected chi connectivity index (χ2v) is 3.22. The molecule has 0 bridgehead atoms. The summed E-state index contributed by atoms with van der Waals surface area (Å²) in [4.78, 5) is 0. The van der Waals surface area contributed by atoms with Crippen molar-refractivity contribution in [2.24, 2.45) is 7.05 Å². The van der Waals surface area contributed by atoms with Gasteiger partial charge in [-0.15, -0.1) is 0 Å². The molecule has 0 radical (unpaired) electrons. The molecule has 0 amide bonds. The Kier molecular flexibility index (Phi) is 2.78. The van der Waals surface area contributed by atoms with Crippen molar-refractivity contribution >= 4 is 11.6 Å². The van der Waals surface area contributed by atoms with Crippen molar-refractivity contribution in [1.82, 2.24) is 9.78 Å². The minimum absolute atomic E-state index is 0.0716. The lowest BCUT2D eigenvalue weighted by Crippen LogP contribution is -2.20. The molecule has 80 valence electrons. The summed E-state index contributed by atoms with van der Waals surface area (Å²) in [7, 11) is 1.40. The van der Waals surface area contributed by atoms with Crippen LogP contribution in [0.5, 0.6) is 0 Å². The van der Waals surface area contributed by atoms with Crippen LogP contribution in [0, 0.1) is 6.92 Å². The number of hydrogen-bond donors (Lipinski definition) is 1. The van der Waals surface area contributed by atoms with Crippen molar-refractivity contribution in [2.75, 3.05) is 0 Å². The van der Waals surface area contributed by atoms with E-state index in [0.29, 0.717) is 0 Å². The van der Waals surface area contributed by atoms with Crippen LogP contribution in [0.3, 0.4) is 0 Å². The molecule has 7 heteroatoms. The van der Waals surface area contributed by atoms with Gasteiger partial charge in [0.2, 0.25) is 0 Å². The molecular weight excluding hydrogens is 221 g/mol. The fraction of sp³-hybridized carbons (Fsp3) is 0.571. The van der Waals surface area contributed by atoms with E-state index in [4.69, 9.17) is 16.7 Å². The Labute approximate surface area is 83.1 Å². The Bertz CT molecular complexity index is 347. The molecule has 14 heavy (non-hydrogen) atoms. The summed E-state index contributed by atoms with van der Waals surface area (Å²) in [5.74, 6) is 0. The first-order valence-corrected chi connectivity index (χ1v) is 4.06. The molecule has 1 rings (SSSR count). The van der Waals surface area contributed by atoms with E-state index >= 15 is 0 Å². The third kappa shape index (κ3) is 1.85. The number of alkyl halides is 3. The fourth-order valence-electron chi connectivity index (χ4n) is 1.12. The van der Waals surface area contributed by atoms with Crippen LogP contribution in [0.2, 0.25) is 5.15 Å². The Morgan fingerprint density at radius 1 is 1.50 bits per heavy atom. The molecule has 0 fully saturated rings. The van der Waals surface area contributed by atoms with Crippen molar-refractivity contribution < 1.29 is 18.3 Å². The molecule has 1 N–H and O–H groups in total. The summed E-state index contributed by atoms with van der Waals surface area (Å²) in [5.41, 5.74) is -0.316. The van der Waals surface area contributed by atoms with Crippen LogP contribution >= 0.6 is 11.6 Å². The average Bonchev–Trinajstić information content (AvgIpc) is 2.24. The molecule has 0 saturated heterocycles. The number of hydrogen-bond acceptors (Lipinski definition) is 2. The molecule has 1 atom stereocenters. The zero-order chi connectivity index (χ0) is 11.1. The van der Waals surface area contributed by atoms with E-state index in [9.17, 15) is 13.2 Å². The lowest BCUT2D eigenvalue weighted by atomic mass is 10.1. The standard InChI is InChI=1S/C7H8ClF3N2O/c1-3-4(5(14)7(9,10)11)6(8)13(2)12-3/h5,14H,1-2H3. The Morgan fingerprint density at radius 3 is 2.29 bits per heavy atom. The zero-order valence-corrected chi connectivity index (χ0v) is 8.19. The molecule has 0 aliphatic rings. The second kappa shape index (κ2) is 3.43. The van der Waals surface area contributed by atoms with Gasteiger partial charge in [-0.05, 0) is 6.92 Å². The van der Waals surface area contributed by atoms with Crippen molar-refractivity contribution in [2.45, 2.75) is 19.2 Å². The summed E-state index contributed by atoms with van der Waals surface area (Å²) in [5, 5.41) is 12.4. The van der Waals surface area contributed by atoms with Gasteiger partial charge in [-0.2, -0.15) is 18.3 Å². The summed E-state index contributed by atoms with van der Waals surface area (Å²) < 4.78 is 37.6. The monoisotopic (exact) mass is 228 g/mol. The normalized spacial score (nSPS) is 14.5. The molecule has 1 aromatic heterocycles. The highest BCUT2D eigenvalue weighted by molar-refractivity contribution is 6.30. The molecule has 0 aromatic carbocycles. The van der Waals surface area contributed by atoms with Gasteiger partial charge in [-0.1, -0.05) is 11.6 Å². The number of aliphatic hydroxyl groups excluding tert-OH is 1. The highest BCUT2D eigenvalue weighted by Crippen LogP contribution is 2.37. The van der Waals surface area contributed by atoms with Gasteiger partial charge in [0.1, 0.15) is 5.15 Å². The maximum atomic E-state index is 12.2. The molecule has 0 aliphatic heterocycles. The minimum atomic E-state index is -4.72. The van der Waals surface area contributed by atoms with Gasteiger partial charge in [0.25, 0.3) is 0 Å². The highest BCUT2D eigenvalue weighted by atomic mass is 35.5. The lowest BCUT2D eigenvalue weighted by molar-refractivity contribution is -0.206. The van der Waals surface area contributed by atoms with Crippen molar-refractivity contribution in [3.8, 4) is 0 Å². The number of aliphatic hydroxyl groups is 1. The summed E-state index contributed by atoms with van der Waals surface area (Å²) in [6, 6.07) is 0. The number of nitrogens with zero attached hydrogens (tertiary/aromatic N) is 2. The maximum absolute atomic E-state index is 12.2. The third-order valence-corrected chi connectivity index (χ3v) is 2.23. The van der Waals surface area contributed by atoms with E-state index in [-0.39, 0.29) is 16.4 Å². The van der Waals surface area contributed by atoms with Crippen molar-refractivity contribution in [3.63, 3.8) is 0 Å². The van der Waals surface area contributed by atoms with Crippen molar-refractivity contribution in [3.05, 3.63) is 16.4 Å². The van der Waals surface area contributed by atoms with Gasteiger partial charge in [0.15, 0.2) is 6.10 Å². The minimum Gasteiger partial charge on any atom is -0.379 e. The van der Waals surface area contributed by atoms with Gasteiger partial charge < -0.3 is 5.11 Å². The molecule has 3 nitrogen and oxygen atoms in total. The largest absolute Gasteiger partial charge is 0.418 e. The summed E-state index contributed by atoms with van der Waals surface area (Å²) in [6.07, 6.45) is -7.30. The van der Waals surface area contributed by atoms with Gasteiger partial charge in [0, 0.05) is 12.6 Å². The van der Waals surface area contributed by atoms with E-state index < -0.39 is 12.3 Å². The second-order valence-electron chi connectivity index (χ2n) is 2.86. The van der Waals surface area contributed by atoms with Crippen LogP contribution in [0.25, 0.3) is 0 Å². The van der Waals surface area contributed by atoms with Crippen LogP contribution in [0.15, 0.2) is 0 Å². The van der Waals surface area contributed by atoms with Gasteiger partial charge >= 0.3 is 6.18 Å². The van der Waals surface area contributed by atoms with Crippen molar-refractivity contribution in [1.29, 1.82) is 0 Å². The number of aryl methyl sites for hydroxylation is 2. The molecule has 0 spiro atoms. The molecule has 1 unspecified atom stereocenters. The van der Waals surface area contributed by atoms with Gasteiger partial charge in [-0.3, -0.25) is 4.68 Å². The van der Waals surface area contributed by atoms with Crippen LogP contribution < -0.4 is 0 Å². The quantitative estimate of drug-likeness (QED) is 0.798. The van der Waals surface area contributed by atoms with E-state index in [0.717, 1.165) is 4.68 Å². The third-order valence-electron chi connectivity index (χ3n) is 1.78. The maximum Gasteiger partial charge on any atom is 0.418 e. The SMILES string of the molecule is Cc1nn(C)c(Cl)c1C(O)C(F)(F)F. The first-order chi connectivity index (χ1) is 6.25. The molecular formula is C7H8ClF3N2O. The highest BCUT2D eigenvalue weighted by Gasteiger charge is 2.42. The first-order valence-electron chi connectivity index (χ1n) is 3.69. The smallest absolute Gasteiger partial charge is 0.379 e. The van der Waals surface area contributed by atoms with E-state index in [1.165, 1.54) is 14.0 Å². The van der Waals surface area contributed by atoms with Crippen LogP contribution in [0.1, 0.15) is 17.4 Å². The topological polar surface area (TPSA) is 38.0 Å². The lowest BCUT2D eigenvalue weighted by Gasteiger charge is -2.14. The number of halogens is 4. The summed E-state index contributed by atoms with van der Waals surface area (Å²) >= 11 is 5.56. The Morgan fingerprint density at radius 2 is 2.00 bits per heavy atom. The first kappa shape index (κ1) is 11.3. The molecule has 1 heterocycles. The molecule has 0 aliphatic carbocycles. The number of rotatable bonds is 1. The van der Waals surface area contributed by atoms with Gasteiger partial charge in [0.05, 0.1) is 5.69 Å². The van der Waals surface area contributed by atoms with Crippen LogP contribution in [0.4, 0.5) is 13.2 Å². The van der Waals surface area contributed by atoms with E-state index in [1.807, 2.05) is 0 Å². The summed E-state index contributed by atoms with van der Waals surface area (Å²) in [6.45, 7) is 1.36.